The van der Waals surface area contributed by atoms with Gasteiger partial charge in [0.2, 0.25) is 17.7 Å². The summed E-state index contributed by atoms with van der Waals surface area (Å²) in [6.07, 6.45) is 1.44. The van der Waals surface area contributed by atoms with E-state index in [4.69, 9.17) is 4.42 Å². The molecule has 2 aromatic rings. The van der Waals surface area contributed by atoms with Gasteiger partial charge in [0.15, 0.2) is 0 Å². The highest BCUT2D eigenvalue weighted by Crippen LogP contribution is 2.32. The van der Waals surface area contributed by atoms with Crippen LogP contribution in [-0.2, 0) is 20.9 Å². The minimum Gasteiger partial charge on any atom is -0.467 e. The van der Waals surface area contributed by atoms with Crippen LogP contribution in [0.15, 0.2) is 41.0 Å². The van der Waals surface area contributed by atoms with Gasteiger partial charge in [0.05, 0.1) is 25.3 Å². The van der Waals surface area contributed by atoms with Crippen molar-refractivity contribution >= 4 is 23.4 Å². The Morgan fingerprint density at radius 3 is 2.88 bits per heavy atom. The molecule has 0 spiro atoms. The van der Waals surface area contributed by atoms with Crippen LogP contribution in [0.3, 0.4) is 0 Å². The lowest BCUT2D eigenvalue weighted by molar-refractivity contribution is -0.128. The van der Waals surface area contributed by atoms with Crippen molar-refractivity contribution in [2.45, 2.75) is 18.9 Å². The van der Waals surface area contributed by atoms with E-state index in [1.165, 1.54) is 24.5 Å². The van der Waals surface area contributed by atoms with E-state index in [9.17, 15) is 18.8 Å². The van der Waals surface area contributed by atoms with E-state index in [2.05, 4.69) is 16.0 Å². The van der Waals surface area contributed by atoms with E-state index in [0.717, 1.165) is 0 Å². The van der Waals surface area contributed by atoms with Crippen molar-refractivity contribution in [1.29, 1.82) is 0 Å². The first-order valence-electron chi connectivity index (χ1n) is 7.69. The van der Waals surface area contributed by atoms with Crippen molar-refractivity contribution in [3.8, 4) is 0 Å². The number of anilines is 1. The van der Waals surface area contributed by atoms with Crippen LogP contribution >= 0.6 is 0 Å². The Morgan fingerprint density at radius 1 is 1.28 bits per heavy atom. The van der Waals surface area contributed by atoms with Gasteiger partial charge in [0.25, 0.3) is 0 Å². The Kier molecular flexibility index (Phi) is 4.78. The average Bonchev–Trinajstić information content (AvgIpc) is 3.10. The lowest BCUT2D eigenvalue weighted by Gasteiger charge is -2.24. The van der Waals surface area contributed by atoms with Gasteiger partial charge in [-0.05, 0) is 29.8 Å². The first-order valence-corrected chi connectivity index (χ1v) is 7.69. The van der Waals surface area contributed by atoms with Gasteiger partial charge >= 0.3 is 0 Å². The van der Waals surface area contributed by atoms with E-state index in [1.807, 2.05) is 0 Å². The largest absolute Gasteiger partial charge is 0.467 e. The highest BCUT2D eigenvalue weighted by atomic mass is 19.1. The maximum Gasteiger partial charge on any atom is 0.239 e. The molecule has 0 unspecified atom stereocenters. The molecule has 0 aliphatic carbocycles. The number of benzene rings is 1. The van der Waals surface area contributed by atoms with Crippen LogP contribution in [0.25, 0.3) is 0 Å². The summed E-state index contributed by atoms with van der Waals surface area (Å²) in [7, 11) is 0. The smallest absolute Gasteiger partial charge is 0.239 e. The Morgan fingerprint density at radius 2 is 2.12 bits per heavy atom. The van der Waals surface area contributed by atoms with Crippen LogP contribution in [0.5, 0.6) is 0 Å². The molecule has 130 valence electrons. The van der Waals surface area contributed by atoms with E-state index in [-0.39, 0.29) is 37.0 Å². The molecule has 0 saturated carbocycles. The molecular formula is C17H16FN3O4. The van der Waals surface area contributed by atoms with Crippen LogP contribution in [0.2, 0.25) is 0 Å². The lowest BCUT2D eigenvalue weighted by Crippen LogP contribution is -2.40. The molecule has 1 aliphatic heterocycles. The number of carbonyl (C=O) groups excluding carboxylic acids is 3. The Bertz CT molecular complexity index is 804. The first-order chi connectivity index (χ1) is 12.0. The Balaban J connectivity index is 1.58. The summed E-state index contributed by atoms with van der Waals surface area (Å²) < 4.78 is 18.4. The van der Waals surface area contributed by atoms with E-state index < -0.39 is 17.6 Å². The van der Waals surface area contributed by atoms with Gasteiger partial charge in [-0.25, -0.2) is 4.39 Å². The molecule has 0 saturated heterocycles. The highest BCUT2D eigenvalue weighted by Gasteiger charge is 2.31. The van der Waals surface area contributed by atoms with E-state index in [0.29, 0.717) is 11.3 Å². The Hall–Kier alpha value is -3.16. The molecule has 0 fully saturated rings. The predicted octanol–water partition coefficient (Wildman–Crippen LogP) is 1.28. The zero-order valence-electron chi connectivity index (χ0n) is 13.2. The molecular weight excluding hydrogens is 329 g/mol. The molecule has 2 heterocycles. The number of carbonyl (C=O) groups is 3. The molecule has 0 bridgehead atoms. The summed E-state index contributed by atoms with van der Waals surface area (Å²) in [4.78, 5) is 35.8. The minimum atomic E-state index is -0.762. The summed E-state index contributed by atoms with van der Waals surface area (Å²) in [5, 5.41) is 7.64. The summed E-state index contributed by atoms with van der Waals surface area (Å²) in [6, 6.07) is 7.29. The van der Waals surface area contributed by atoms with Crippen molar-refractivity contribution in [3.05, 3.63) is 53.7 Å². The molecule has 0 radical (unpaired) electrons. The second-order valence-corrected chi connectivity index (χ2v) is 5.61. The predicted molar refractivity (Wildman–Crippen MR) is 86.0 cm³/mol. The van der Waals surface area contributed by atoms with Crippen LogP contribution in [0.1, 0.15) is 23.7 Å². The summed E-state index contributed by atoms with van der Waals surface area (Å²) in [5.41, 5.74) is 0.799. The molecule has 7 nitrogen and oxygen atoms in total. The number of furan rings is 1. The van der Waals surface area contributed by atoms with Crippen LogP contribution in [-0.4, -0.2) is 24.3 Å². The second-order valence-electron chi connectivity index (χ2n) is 5.61. The fraction of sp³-hybridized carbons (Fsp3) is 0.235. The highest BCUT2D eigenvalue weighted by molar-refractivity contribution is 6.01. The van der Waals surface area contributed by atoms with Crippen LogP contribution in [0, 0.1) is 5.82 Å². The van der Waals surface area contributed by atoms with Crippen molar-refractivity contribution in [2.24, 2.45) is 0 Å². The number of hydrogen-bond acceptors (Lipinski definition) is 4. The van der Waals surface area contributed by atoms with Crippen molar-refractivity contribution in [2.75, 3.05) is 11.9 Å². The molecule has 1 atom stereocenters. The number of nitrogens with one attached hydrogen (secondary N) is 3. The maximum absolute atomic E-state index is 13.3. The van der Waals surface area contributed by atoms with Gasteiger partial charge in [-0.15, -0.1) is 0 Å². The third-order valence-corrected chi connectivity index (χ3v) is 3.83. The zero-order chi connectivity index (χ0) is 17.8. The van der Waals surface area contributed by atoms with E-state index in [1.54, 1.807) is 12.1 Å². The monoisotopic (exact) mass is 345 g/mol. The van der Waals surface area contributed by atoms with E-state index >= 15 is 0 Å². The van der Waals surface area contributed by atoms with Gasteiger partial charge in [0, 0.05) is 12.1 Å². The van der Waals surface area contributed by atoms with Gasteiger partial charge in [0.1, 0.15) is 11.6 Å². The quantitative estimate of drug-likeness (QED) is 0.760. The average molecular weight is 345 g/mol. The lowest BCUT2D eigenvalue weighted by atomic mass is 9.89. The first kappa shape index (κ1) is 16.7. The molecule has 1 aliphatic rings. The number of rotatable bonds is 5. The zero-order valence-corrected chi connectivity index (χ0v) is 13.2. The topological polar surface area (TPSA) is 100 Å². The van der Waals surface area contributed by atoms with Crippen molar-refractivity contribution in [3.63, 3.8) is 0 Å². The van der Waals surface area contributed by atoms with Crippen LogP contribution in [0.4, 0.5) is 10.1 Å². The van der Waals surface area contributed by atoms with Crippen LogP contribution < -0.4 is 16.0 Å². The number of halogens is 1. The van der Waals surface area contributed by atoms with Gasteiger partial charge < -0.3 is 20.4 Å². The molecule has 3 amide bonds. The fourth-order valence-electron chi connectivity index (χ4n) is 2.62. The number of fused-ring (bicyclic) bond motifs is 1. The third kappa shape index (κ3) is 4.03. The minimum absolute atomic E-state index is 0.0571. The van der Waals surface area contributed by atoms with Crippen molar-refractivity contribution in [1.82, 2.24) is 10.6 Å². The molecule has 25 heavy (non-hydrogen) atoms. The summed E-state index contributed by atoms with van der Waals surface area (Å²) in [6.45, 7) is -0.0101. The number of amides is 3. The van der Waals surface area contributed by atoms with Gasteiger partial charge in [-0.2, -0.15) is 0 Å². The molecule has 3 rings (SSSR count). The summed E-state index contributed by atoms with van der Waals surface area (Å²) >= 11 is 0. The maximum atomic E-state index is 13.3. The summed E-state index contributed by atoms with van der Waals surface area (Å²) in [5.74, 6) is -1.89. The molecule has 1 aromatic heterocycles. The molecule has 1 aromatic carbocycles. The normalized spacial score (nSPS) is 15.9. The third-order valence-electron chi connectivity index (χ3n) is 3.83. The number of hydrogen-bond donors (Lipinski definition) is 3. The Labute approximate surface area is 142 Å². The molecule has 3 N–H and O–H groups in total. The van der Waals surface area contributed by atoms with Crippen molar-refractivity contribution < 1.29 is 23.2 Å². The second kappa shape index (κ2) is 7.16. The molecule has 8 heteroatoms. The standard InChI is InChI=1S/C17H16FN3O4/c18-10-3-4-12-13(7-15(22)21-14(12)6-10)17(24)20-9-16(23)19-8-11-2-1-5-25-11/h1-6,13H,7-9H2,(H,19,23)(H,20,24)(H,21,22)/t13-/m0/s1. The van der Waals surface area contributed by atoms with Gasteiger partial charge in [-0.1, -0.05) is 6.07 Å². The van der Waals surface area contributed by atoms with Gasteiger partial charge in [-0.3, -0.25) is 14.4 Å². The fourth-order valence-corrected chi connectivity index (χ4v) is 2.62. The SMILES string of the molecule is O=C(CNC(=O)[C@H]1CC(=O)Nc2cc(F)ccc21)NCc1ccco1.